The smallest absolute Gasteiger partial charge is 0.215 e. The van der Waals surface area contributed by atoms with Gasteiger partial charge in [0.15, 0.2) is 0 Å². The molecule has 0 atom stereocenters. The van der Waals surface area contributed by atoms with E-state index >= 15 is 0 Å². The molecule has 5 heterocycles. The molecule has 0 fully saturated rings. The van der Waals surface area contributed by atoms with Crippen LogP contribution in [0.25, 0.3) is 38.1 Å². The molecule has 0 aliphatic rings. The highest BCUT2D eigenvalue weighted by atomic mass is 32.1. The number of methoxy groups -OCH3 is 1. The molecule has 1 N–H and O–H groups in total. The molecule has 5 aromatic rings. The number of aromatic amines is 1. The molecule has 35 heavy (non-hydrogen) atoms. The van der Waals surface area contributed by atoms with Crippen molar-refractivity contribution in [1.82, 2.24) is 24.5 Å². The van der Waals surface area contributed by atoms with E-state index in [4.69, 9.17) is 4.74 Å². The van der Waals surface area contributed by atoms with Gasteiger partial charge in [-0.25, -0.2) is 9.97 Å². The summed E-state index contributed by atoms with van der Waals surface area (Å²) in [6, 6.07) is 14.1. The second-order valence-corrected chi connectivity index (χ2v) is 8.87. The fourth-order valence-corrected chi connectivity index (χ4v) is 5.20. The number of thiophene rings is 1. The Labute approximate surface area is 205 Å². The summed E-state index contributed by atoms with van der Waals surface area (Å²) in [5, 5.41) is 20.5. The van der Waals surface area contributed by atoms with E-state index in [2.05, 4.69) is 36.6 Å². The highest BCUT2D eigenvalue weighted by molar-refractivity contribution is 7.18. The van der Waals surface area contributed by atoms with Gasteiger partial charge in [0.25, 0.3) is 0 Å². The quantitative estimate of drug-likeness (QED) is 0.337. The highest BCUT2D eigenvalue weighted by Gasteiger charge is 2.18. The number of fused-ring (bicyclic) bond motifs is 1. The molecule has 5 aromatic heterocycles. The van der Waals surface area contributed by atoms with E-state index in [0.717, 1.165) is 32.4 Å². The number of pyridine rings is 2. The lowest BCUT2D eigenvalue weighted by Gasteiger charge is -2.07. The predicted molar refractivity (Wildman–Crippen MR) is 135 cm³/mol. The van der Waals surface area contributed by atoms with Crippen LogP contribution in [0.3, 0.4) is 0 Å². The standard InChI is InChI=1S/C26H19N7OS/c1-15-8-18(9-19(12-27)25-31-21-11-24(34-3)30-14-22(21)32-25)16(2)33(15)26-20(13-28)10-23(35-26)17-4-6-29-7-5-17/h4-11,14H,1-3H3,(H,31,32). The third-order valence-corrected chi connectivity index (χ3v) is 6.87. The minimum Gasteiger partial charge on any atom is -0.481 e. The Morgan fingerprint density at radius 2 is 1.97 bits per heavy atom. The molecule has 0 aliphatic carbocycles. The van der Waals surface area contributed by atoms with Gasteiger partial charge in [0.05, 0.1) is 35.5 Å². The number of ether oxygens (including phenoxy) is 1. The second kappa shape index (κ2) is 8.90. The molecule has 0 saturated carbocycles. The van der Waals surface area contributed by atoms with E-state index in [1.54, 1.807) is 43.1 Å². The van der Waals surface area contributed by atoms with E-state index in [1.165, 1.54) is 0 Å². The minimum absolute atomic E-state index is 0.393. The minimum atomic E-state index is 0.393. The predicted octanol–water partition coefficient (Wildman–Crippen LogP) is 5.43. The maximum atomic E-state index is 9.89. The van der Waals surface area contributed by atoms with Gasteiger partial charge in [-0.2, -0.15) is 10.5 Å². The molecule has 0 aromatic carbocycles. The van der Waals surface area contributed by atoms with Gasteiger partial charge in [0.1, 0.15) is 23.0 Å². The van der Waals surface area contributed by atoms with Crippen molar-refractivity contribution in [3.05, 3.63) is 77.3 Å². The van der Waals surface area contributed by atoms with Crippen LogP contribution in [0, 0.1) is 36.5 Å². The van der Waals surface area contributed by atoms with Crippen molar-refractivity contribution in [2.24, 2.45) is 0 Å². The number of nitriles is 2. The summed E-state index contributed by atoms with van der Waals surface area (Å²) in [5.74, 6) is 0.910. The molecular formula is C26H19N7OS. The van der Waals surface area contributed by atoms with Gasteiger partial charge in [-0.15, -0.1) is 11.3 Å². The molecular weight excluding hydrogens is 458 g/mol. The van der Waals surface area contributed by atoms with E-state index in [1.807, 2.05) is 44.2 Å². The van der Waals surface area contributed by atoms with Crippen LogP contribution in [0.1, 0.15) is 28.3 Å². The average molecular weight is 478 g/mol. The molecule has 9 heteroatoms. The molecule has 170 valence electrons. The normalized spacial score (nSPS) is 11.4. The fourth-order valence-electron chi connectivity index (χ4n) is 3.97. The van der Waals surface area contributed by atoms with Crippen molar-refractivity contribution >= 4 is 34.0 Å². The van der Waals surface area contributed by atoms with Crippen LogP contribution < -0.4 is 4.74 Å². The number of rotatable bonds is 5. The van der Waals surface area contributed by atoms with Gasteiger partial charge in [-0.05, 0) is 55.3 Å². The SMILES string of the molecule is COc1cc2nc(C(C#N)=Cc3cc(C)n(-c4sc(-c5ccncc5)cc4C#N)c3C)[nH]c2cn1. The van der Waals surface area contributed by atoms with Crippen molar-refractivity contribution in [2.45, 2.75) is 13.8 Å². The molecule has 0 amide bonds. The lowest BCUT2D eigenvalue weighted by atomic mass is 10.1. The highest BCUT2D eigenvalue weighted by Crippen LogP contribution is 2.36. The summed E-state index contributed by atoms with van der Waals surface area (Å²) in [5.41, 5.74) is 6.14. The third kappa shape index (κ3) is 3.95. The molecule has 0 saturated heterocycles. The molecule has 5 rings (SSSR count). The van der Waals surface area contributed by atoms with Crippen LogP contribution in [0.15, 0.2) is 48.9 Å². The second-order valence-electron chi connectivity index (χ2n) is 7.84. The van der Waals surface area contributed by atoms with Crippen molar-refractivity contribution in [1.29, 1.82) is 10.5 Å². The first-order valence-electron chi connectivity index (χ1n) is 10.7. The zero-order valence-corrected chi connectivity index (χ0v) is 20.0. The Bertz CT molecular complexity index is 1680. The number of nitrogens with zero attached hydrogens (tertiary/aromatic N) is 6. The molecule has 0 unspecified atom stereocenters. The maximum Gasteiger partial charge on any atom is 0.215 e. The summed E-state index contributed by atoms with van der Waals surface area (Å²) < 4.78 is 7.22. The monoisotopic (exact) mass is 477 g/mol. The van der Waals surface area contributed by atoms with Crippen LogP contribution in [0.2, 0.25) is 0 Å². The summed E-state index contributed by atoms with van der Waals surface area (Å²) in [6.07, 6.45) is 6.92. The Morgan fingerprint density at radius 3 is 2.69 bits per heavy atom. The first-order chi connectivity index (χ1) is 17.0. The Morgan fingerprint density at radius 1 is 1.17 bits per heavy atom. The van der Waals surface area contributed by atoms with Gasteiger partial charge < -0.3 is 14.3 Å². The van der Waals surface area contributed by atoms with Crippen LogP contribution in [-0.2, 0) is 0 Å². The number of aryl methyl sites for hydroxylation is 1. The van der Waals surface area contributed by atoms with Crippen LogP contribution in [0.5, 0.6) is 5.88 Å². The van der Waals surface area contributed by atoms with Gasteiger partial charge in [-0.3, -0.25) is 4.98 Å². The first-order valence-corrected chi connectivity index (χ1v) is 11.5. The van der Waals surface area contributed by atoms with E-state index < -0.39 is 0 Å². The number of hydrogen-bond acceptors (Lipinski definition) is 7. The summed E-state index contributed by atoms with van der Waals surface area (Å²) in [6.45, 7) is 3.97. The zero-order valence-electron chi connectivity index (χ0n) is 19.2. The number of allylic oxidation sites excluding steroid dienone is 1. The first kappa shape index (κ1) is 22.1. The topological polar surface area (TPSA) is 116 Å². The summed E-state index contributed by atoms with van der Waals surface area (Å²) in [4.78, 5) is 17.0. The number of hydrogen-bond donors (Lipinski definition) is 1. The average Bonchev–Trinajstić information content (AvgIpc) is 3.57. The van der Waals surface area contributed by atoms with Gasteiger partial charge >= 0.3 is 0 Å². The van der Waals surface area contributed by atoms with Gasteiger partial charge in [-0.1, -0.05) is 0 Å². The fraction of sp³-hybridized carbons (Fsp3) is 0.115. The van der Waals surface area contributed by atoms with E-state index in [0.29, 0.717) is 33.9 Å². The van der Waals surface area contributed by atoms with Crippen LogP contribution >= 0.6 is 11.3 Å². The van der Waals surface area contributed by atoms with Gasteiger partial charge in [0.2, 0.25) is 5.88 Å². The Hall–Kier alpha value is -4.73. The lowest BCUT2D eigenvalue weighted by molar-refractivity contribution is 0.398. The maximum absolute atomic E-state index is 9.89. The number of H-pyrrole nitrogens is 1. The van der Waals surface area contributed by atoms with Crippen molar-refractivity contribution in [2.75, 3.05) is 7.11 Å². The third-order valence-electron chi connectivity index (χ3n) is 5.70. The Balaban J connectivity index is 1.58. The van der Waals surface area contributed by atoms with E-state index in [9.17, 15) is 10.5 Å². The Kier molecular flexibility index (Phi) is 5.61. The molecule has 0 radical (unpaired) electrons. The van der Waals surface area contributed by atoms with E-state index in [-0.39, 0.29) is 0 Å². The molecule has 0 spiro atoms. The number of aromatic nitrogens is 5. The van der Waals surface area contributed by atoms with Crippen LogP contribution in [0.4, 0.5) is 0 Å². The largest absolute Gasteiger partial charge is 0.481 e. The summed E-state index contributed by atoms with van der Waals surface area (Å²) >= 11 is 1.55. The van der Waals surface area contributed by atoms with Crippen molar-refractivity contribution in [3.8, 4) is 33.5 Å². The summed E-state index contributed by atoms with van der Waals surface area (Å²) in [7, 11) is 1.55. The van der Waals surface area contributed by atoms with Gasteiger partial charge in [0, 0.05) is 34.7 Å². The number of nitrogens with one attached hydrogen (secondary N) is 1. The lowest BCUT2D eigenvalue weighted by Crippen LogP contribution is -1.98. The molecule has 0 bridgehead atoms. The van der Waals surface area contributed by atoms with Crippen molar-refractivity contribution < 1.29 is 4.74 Å². The molecule has 0 aliphatic heterocycles. The van der Waals surface area contributed by atoms with Crippen LogP contribution in [-0.4, -0.2) is 31.6 Å². The molecule has 8 nitrogen and oxygen atoms in total. The zero-order chi connectivity index (χ0) is 24.5. The number of imidazole rings is 1. The van der Waals surface area contributed by atoms with Crippen molar-refractivity contribution in [3.63, 3.8) is 0 Å².